The summed E-state index contributed by atoms with van der Waals surface area (Å²) in [5.41, 5.74) is 4.82. The molecule has 0 aliphatic heterocycles. The molecule has 0 heterocycles. The van der Waals surface area contributed by atoms with Crippen molar-refractivity contribution in [3.63, 3.8) is 0 Å². The second kappa shape index (κ2) is 10.1. The molecule has 0 radical (unpaired) electrons. The average Bonchev–Trinajstić information content (AvgIpc) is 2.77. The average molecular weight is 452 g/mol. The number of aryl methyl sites for hydroxylation is 3. The van der Waals surface area contributed by atoms with Crippen LogP contribution in [0.4, 0.5) is 0 Å². The first-order valence-corrected chi connectivity index (χ1v) is 12.0. The fourth-order valence-corrected chi connectivity index (χ4v) is 5.21. The first-order chi connectivity index (χ1) is 15.2. The maximum Gasteiger partial charge on any atom is 0.338 e. The lowest BCUT2D eigenvalue weighted by atomic mass is 10.1. The largest absolute Gasteiger partial charge is 0.462 e. The third-order valence-corrected chi connectivity index (χ3v) is 7.33. The highest BCUT2D eigenvalue weighted by Gasteiger charge is 2.27. The Bertz CT molecular complexity index is 1200. The van der Waals surface area contributed by atoms with Crippen LogP contribution in [0.3, 0.4) is 0 Å². The van der Waals surface area contributed by atoms with Gasteiger partial charge in [-0.1, -0.05) is 48.5 Å². The maximum atomic E-state index is 13.7. The van der Waals surface area contributed by atoms with Crippen LogP contribution in [0.1, 0.15) is 45.1 Å². The van der Waals surface area contributed by atoms with E-state index in [1.807, 2.05) is 57.2 Å². The van der Waals surface area contributed by atoms with E-state index >= 15 is 0 Å². The number of benzene rings is 3. The lowest BCUT2D eigenvalue weighted by Crippen LogP contribution is -2.31. The second-order valence-electron chi connectivity index (χ2n) is 7.89. The Hall–Kier alpha value is -2.96. The molecule has 3 rings (SSSR count). The van der Waals surface area contributed by atoms with Crippen LogP contribution in [0.15, 0.2) is 71.6 Å². The molecule has 0 unspecified atom stereocenters. The minimum Gasteiger partial charge on any atom is -0.462 e. The molecule has 0 spiro atoms. The van der Waals surface area contributed by atoms with Crippen molar-refractivity contribution in [2.75, 3.05) is 6.61 Å². The normalized spacial score (nSPS) is 11.5. The van der Waals surface area contributed by atoms with Gasteiger partial charge in [-0.3, -0.25) is 0 Å². The zero-order chi connectivity index (χ0) is 23.3. The molecular formula is C26H29NO4S. The number of carbonyl (C=O) groups is 1. The van der Waals surface area contributed by atoms with Crippen molar-refractivity contribution in [3.05, 3.63) is 100 Å². The summed E-state index contributed by atoms with van der Waals surface area (Å²) in [5.74, 6) is -0.390. The van der Waals surface area contributed by atoms with Crippen molar-refractivity contribution in [2.24, 2.45) is 0 Å². The van der Waals surface area contributed by atoms with Crippen LogP contribution in [0.5, 0.6) is 0 Å². The van der Waals surface area contributed by atoms with Crippen LogP contribution in [0, 0.1) is 20.8 Å². The SMILES string of the molecule is CCOC(=O)c1ccc(CN(Cc2ccccc2C)S(=O)(=O)c2cc(C)ccc2C)cc1. The Morgan fingerprint density at radius 3 is 2.22 bits per heavy atom. The molecule has 32 heavy (non-hydrogen) atoms. The molecule has 0 atom stereocenters. The van der Waals surface area contributed by atoms with Crippen LogP contribution in [-0.2, 0) is 27.8 Å². The first-order valence-electron chi connectivity index (χ1n) is 10.6. The molecule has 0 saturated heterocycles. The summed E-state index contributed by atoms with van der Waals surface area (Å²) >= 11 is 0. The Morgan fingerprint density at radius 2 is 1.56 bits per heavy atom. The molecule has 0 aromatic heterocycles. The number of rotatable bonds is 8. The molecule has 6 heteroatoms. The molecule has 0 aliphatic rings. The highest BCUT2D eigenvalue weighted by molar-refractivity contribution is 7.89. The predicted octanol–water partition coefficient (Wildman–Crippen LogP) is 5.18. The van der Waals surface area contributed by atoms with E-state index in [-0.39, 0.29) is 19.1 Å². The van der Waals surface area contributed by atoms with E-state index in [9.17, 15) is 13.2 Å². The Balaban J connectivity index is 1.98. The van der Waals surface area contributed by atoms with E-state index < -0.39 is 10.0 Å². The van der Waals surface area contributed by atoms with Gasteiger partial charge in [-0.15, -0.1) is 0 Å². The third-order valence-electron chi connectivity index (χ3n) is 5.39. The molecule has 0 fully saturated rings. The summed E-state index contributed by atoms with van der Waals surface area (Å²) < 4.78 is 34.0. The van der Waals surface area contributed by atoms with Gasteiger partial charge in [-0.05, 0) is 73.7 Å². The van der Waals surface area contributed by atoms with E-state index in [4.69, 9.17) is 4.74 Å². The Morgan fingerprint density at radius 1 is 0.875 bits per heavy atom. The van der Waals surface area contributed by atoms with E-state index in [2.05, 4.69) is 0 Å². The van der Waals surface area contributed by atoms with Gasteiger partial charge in [0.15, 0.2) is 0 Å². The van der Waals surface area contributed by atoms with E-state index in [0.717, 1.165) is 22.3 Å². The van der Waals surface area contributed by atoms with Crippen LogP contribution in [0.2, 0.25) is 0 Å². The van der Waals surface area contributed by atoms with Crippen molar-refractivity contribution < 1.29 is 17.9 Å². The van der Waals surface area contributed by atoms with Crippen LogP contribution < -0.4 is 0 Å². The first kappa shape index (κ1) is 23.7. The van der Waals surface area contributed by atoms with Crippen molar-refractivity contribution in [2.45, 2.75) is 45.7 Å². The smallest absolute Gasteiger partial charge is 0.338 e. The molecular weight excluding hydrogens is 422 g/mol. The summed E-state index contributed by atoms with van der Waals surface area (Å²) in [7, 11) is -3.76. The quantitative estimate of drug-likeness (QED) is 0.443. The molecule has 0 amide bonds. The second-order valence-corrected chi connectivity index (χ2v) is 9.79. The van der Waals surface area contributed by atoms with Gasteiger partial charge in [0.25, 0.3) is 0 Å². The van der Waals surface area contributed by atoms with Crippen LogP contribution in [-0.4, -0.2) is 25.3 Å². The highest BCUT2D eigenvalue weighted by atomic mass is 32.2. The number of nitrogens with zero attached hydrogens (tertiary/aromatic N) is 1. The fourth-order valence-electron chi connectivity index (χ4n) is 3.49. The number of esters is 1. The van der Waals surface area contributed by atoms with Gasteiger partial charge in [-0.25, -0.2) is 13.2 Å². The van der Waals surface area contributed by atoms with Gasteiger partial charge in [0.05, 0.1) is 17.1 Å². The summed E-state index contributed by atoms with van der Waals surface area (Å²) in [6, 6.07) is 20.1. The molecule has 168 valence electrons. The fraction of sp³-hybridized carbons (Fsp3) is 0.269. The van der Waals surface area contributed by atoms with Gasteiger partial charge in [-0.2, -0.15) is 4.31 Å². The third kappa shape index (κ3) is 5.44. The summed E-state index contributed by atoms with van der Waals surface area (Å²) in [4.78, 5) is 12.3. The lowest BCUT2D eigenvalue weighted by Gasteiger charge is -2.24. The number of hydrogen-bond donors (Lipinski definition) is 0. The predicted molar refractivity (Wildman–Crippen MR) is 126 cm³/mol. The molecule has 0 aliphatic carbocycles. The Kier molecular flexibility index (Phi) is 7.48. The van der Waals surface area contributed by atoms with Gasteiger partial charge in [0.2, 0.25) is 10.0 Å². The summed E-state index contributed by atoms with van der Waals surface area (Å²) in [6.07, 6.45) is 0. The van der Waals surface area contributed by atoms with Crippen molar-refractivity contribution in [3.8, 4) is 0 Å². The monoisotopic (exact) mass is 451 g/mol. The molecule has 3 aromatic rings. The summed E-state index contributed by atoms with van der Waals surface area (Å²) in [5, 5.41) is 0. The zero-order valence-corrected chi connectivity index (χ0v) is 19.8. The molecule has 3 aromatic carbocycles. The molecule has 0 saturated carbocycles. The summed E-state index contributed by atoms with van der Waals surface area (Å²) in [6.45, 7) is 8.18. The Labute approximate surface area is 190 Å². The van der Waals surface area contributed by atoms with E-state index in [1.54, 1.807) is 37.3 Å². The van der Waals surface area contributed by atoms with Crippen molar-refractivity contribution in [1.82, 2.24) is 4.31 Å². The topological polar surface area (TPSA) is 63.7 Å². The van der Waals surface area contributed by atoms with Crippen molar-refractivity contribution >= 4 is 16.0 Å². The maximum absolute atomic E-state index is 13.7. The highest BCUT2D eigenvalue weighted by Crippen LogP contribution is 2.26. The van der Waals surface area contributed by atoms with Crippen molar-refractivity contribution in [1.29, 1.82) is 0 Å². The number of hydrogen-bond acceptors (Lipinski definition) is 4. The number of ether oxygens (including phenoxy) is 1. The van der Waals surface area contributed by atoms with Gasteiger partial charge >= 0.3 is 5.97 Å². The molecule has 5 nitrogen and oxygen atoms in total. The number of carbonyl (C=O) groups excluding carboxylic acids is 1. The van der Waals surface area contributed by atoms with Gasteiger partial charge in [0, 0.05) is 13.1 Å². The van der Waals surface area contributed by atoms with Gasteiger partial charge in [0.1, 0.15) is 0 Å². The minimum atomic E-state index is -3.76. The minimum absolute atomic E-state index is 0.188. The number of sulfonamides is 1. The molecule has 0 N–H and O–H groups in total. The van der Waals surface area contributed by atoms with E-state index in [1.165, 1.54) is 4.31 Å². The van der Waals surface area contributed by atoms with E-state index in [0.29, 0.717) is 22.6 Å². The van der Waals surface area contributed by atoms with Gasteiger partial charge < -0.3 is 4.74 Å². The van der Waals surface area contributed by atoms with Crippen LogP contribution in [0.25, 0.3) is 0 Å². The standard InChI is InChI=1S/C26H29NO4S/c1-5-31-26(28)23-14-12-22(13-15-23)17-27(18-24-9-7-6-8-20(24)3)32(29,30)25-16-19(2)10-11-21(25)4/h6-16H,5,17-18H2,1-4H3. The molecule has 0 bridgehead atoms. The van der Waals surface area contributed by atoms with Crippen LogP contribution >= 0.6 is 0 Å². The lowest BCUT2D eigenvalue weighted by molar-refractivity contribution is 0.0526. The zero-order valence-electron chi connectivity index (χ0n) is 19.0.